The molecule has 1 aromatic rings. The normalized spacial score (nSPS) is 12.1. The van der Waals surface area contributed by atoms with Crippen LogP contribution in [0.5, 0.6) is 0 Å². The summed E-state index contributed by atoms with van der Waals surface area (Å²) >= 11 is 0. The van der Waals surface area contributed by atoms with E-state index in [4.69, 9.17) is 5.73 Å². The summed E-state index contributed by atoms with van der Waals surface area (Å²) in [5.41, 5.74) is 7.52. The first-order chi connectivity index (χ1) is 5.24. The first-order valence-electron chi connectivity index (χ1n) is 3.46. The minimum absolute atomic E-state index is 0.575. The summed E-state index contributed by atoms with van der Waals surface area (Å²) < 4.78 is 1.71. The first kappa shape index (κ1) is 7.94. The molecule has 60 valence electrons. The van der Waals surface area contributed by atoms with Gasteiger partial charge in [-0.25, -0.2) is 4.68 Å². The van der Waals surface area contributed by atoms with Gasteiger partial charge in [0.1, 0.15) is 0 Å². The third-order valence-electron chi connectivity index (χ3n) is 1.47. The number of nitrogens with zero attached hydrogens (tertiary/aromatic N) is 3. The summed E-state index contributed by atoms with van der Waals surface area (Å²) in [6.45, 7) is 2.55. The van der Waals surface area contributed by atoms with Gasteiger partial charge < -0.3 is 5.73 Å². The Labute approximate surface area is 65.7 Å². The van der Waals surface area contributed by atoms with E-state index in [0.717, 1.165) is 11.3 Å². The molecule has 0 aromatic carbocycles. The molecular weight excluding hydrogens is 140 g/mol. The van der Waals surface area contributed by atoms with Crippen molar-refractivity contribution in [3.05, 3.63) is 17.5 Å². The summed E-state index contributed by atoms with van der Waals surface area (Å²) in [6.07, 6.45) is 3.68. The molecule has 1 rings (SSSR count). The molecule has 11 heavy (non-hydrogen) atoms. The van der Waals surface area contributed by atoms with Crippen molar-refractivity contribution in [2.75, 3.05) is 6.54 Å². The van der Waals surface area contributed by atoms with E-state index < -0.39 is 0 Å². The number of aromatic nitrogens is 3. The molecule has 2 N–H and O–H groups in total. The third-order valence-corrected chi connectivity index (χ3v) is 1.47. The highest BCUT2D eigenvalue weighted by Crippen LogP contribution is 2.01. The van der Waals surface area contributed by atoms with Crippen LogP contribution in [0.2, 0.25) is 0 Å². The van der Waals surface area contributed by atoms with E-state index in [9.17, 15) is 0 Å². The largest absolute Gasteiger partial charge is 0.327 e. The van der Waals surface area contributed by atoms with Crippen LogP contribution in [-0.4, -0.2) is 21.5 Å². The van der Waals surface area contributed by atoms with Gasteiger partial charge >= 0.3 is 0 Å². The van der Waals surface area contributed by atoms with Crippen molar-refractivity contribution in [2.45, 2.75) is 6.92 Å². The second kappa shape index (κ2) is 3.30. The summed E-state index contributed by atoms with van der Waals surface area (Å²) in [7, 11) is 1.85. The lowest BCUT2D eigenvalue weighted by Gasteiger charge is -1.95. The highest BCUT2D eigenvalue weighted by Gasteiger charge is 1.94. The Balaban J connectivity index is 2.86. The van der Waals surface area contributed by atoms with Crippen LogP contribution in [0.1, 0.15) is 12.6 Å². The van der Waals surface area contributed by atoms with E-state index in [-0.39, 0.29) is 0 Å². The van der Waals surface area contributed by atoms with Crippen molar-refractivity contribution in [2.24, 2.45) is 12.8 Å². The van der Waals surface area contributed by atoms with E-state index in [1.807, 2.05) is 20.0 Å². The van der Waals surface area contributed by atoms with Gasteiger partial charge in [-0.05, 0) is 13.0 Å². The average molecular weight is 152 g/mol. The van der Waals surface area contributed by atoms with Gasteiger partial charge in [-0.3, -0.25) is 0 Å². The standard InChI is InChI=1S/C7H12N4/c1-6(4-8)3-7-5-9-10-11(7)2/h3,5H,4,8H2,1-2H3/b6-3+. The smallest absolute Gasteiger partial charge is 0.0809 e. The summed E-state index contributed by atoms with van der Waals surface area (Å²) in [4.78, 5) is 0. The molecule has 0 amide bonds. The van der Waals surface area contributed by atoms with E-state index in [1.165, 1.54) is 0 Å². The molecule has 0 saturated carbocycles. The maximum Gasteiger partial charge on any atom is 0.0809 e. The zero-order chi connectivity index (χ0) is 8.27. The van der Waals surface area contributed by atoms with Crippen LogP contribution in [0.25, 0.3) is 6.08 Å². The van der Waals surface area contributed by atoms with Crippen molar-refractivity contribution in [1.82, 2.24) is 15.0 Å². The number of aryl methyl sites for hydroxylation is 1. The third kappa shape index (κ3) is 1.88. The van der Waals surface area contributed by atoms with E-state index >= 15 is 0 Å². The first-order valence-corrected chi connectivity index (χ1v) is 3.46. The Kier molecular flexibility index (Phi) is 2.38. The molecule has 4 nitrogen and oxygen atoms in total. The van der Waals surface area contributed by atoms with Crippen LogP contribution >= 0.6 is 0 Å². The van der Waals surface area contributed by atoms with Crippen LogP contribution in [0.3, 0.4) is 0 Å². The molecule has 0 spiro atoms. The highest BCUT2D eigenvalue weighted by atomic mass is 15.4. The Morgan fingerprint density at radius 1 is 1.82 bits per heavy atom. The molecule has 4 heteroatoms. The number of rotatable bonds is 2. The van der Waals surface area contributed by atoms with Gasteiger partial charge in [0.05, 0.1) is 11.9 Å². The van der Waals surface area contributed by atoms with Crippen LogP contribution < -0.4 is 5.73 Å². The lowest BCUT2D eigenvalue weighted by atomic mass is 10.2. The van der Waals surface area contributed by atoms with Gasteiger partial charge in [-0.1, -0.05) is 10.8 Å². The van der Waals surface area contributed by atoms with Crippen LogP contribution in [-0.2, 0) is 7.05 Å². The number of hydrogen-bond acceptors (Lipinski definition) is 3. The van der Waals surface area contributed by atoms with E-state index in [0.29, 0.717) is 6.54 Å². The zero-order valence-electron chi connectivity index (χ0n) is 6.78. The summed E-state index contributed by atoms with van der Waals surface area (Å²) in [6, 6.07) is 0. The minimum atomic E-state index is 0.575. The Morgan fingerprint density at radius 3 is 3.00 bits per heavy atom. The molecule has 0 aliphatic carbocycles. The average Bonchev–Trinajstić information content (AvgIpc) is 2.37. The molecule has 0 aliphatic heterocycles. The van der Waals surface area contributed by atoms with Crippen LogP contribution in [0, 0.1) is 0 Å². The predicted octanol–water partition coefficient (Wildman–Crippen LogP) is 0.177. The van der Waals surface area contributed by atoms with Crippen molar-refractivity contribution < 1.29 is 0 Å². The van der Waals surface area contributed by atoms with Gasteiger partial charge in [-0.2, -0.15) is 0 Å². The summed E-state index contributed by atoms with van der Waals surface area (Å²) in [5.74, 6) is 0. The molecule has 0 radical (unpaired) electrons. The van der Waals surface area contributed by atoms with E-state index in [2.05, 4.69) is 10.3 Å². The topological polar surface area (TPSA) is 56.7 Å². The molecule has 1 aromatic heterocycles. The molecule has 0 atom stereocenters. The van der Waals surface area contributed by atoms with Crippen molar-refractivity contribution >= 4 is 6.08 Å². The maximum atomic E-state index is 5.42. The Bertz CT molecular complexity index is 261. The SMILES string of the molecule is C/C(=C\c1cnnn1C)CN. The Morgan fingerprint density at radius 2 is 2.55 bits per heavy atom. The van der Waals surface area contributed by atoms with Gasteiger partial charge in [0.25, 0.3) is 0 Å². The fraction of sp³-hybridized carbons (Fsp3) is 0.429. The molecule has 1 heterocycles. The summed E-state index contributed by atoms with van der Waals surface area (Å²) in [5, 5.41) is 7.52. The maximum absolute atomic E-state index is 5.42. The molecule has 0 saturated heterocycles. The van der Waals surface area contributed by atoms with Gasteiger partial charge in [0.15, 0.2) is 0 Å². The van der Waals surface area contributed by atoms with Gasteiger partial charge in [-0.15, -0.1) is 5.10 Å². The highest BCUT2D eigenvalue weighted by molar-refractivity contribution is 5.47. The molecule has 0 fully saturated rings. The van der Waals surface area contributed by atoms with E-state index in [1.54, 1.807) is 10.9 Å². The van der Waals surface area contributed by atoms with Gasteiger partial charge in [0.2, 0.25) is 0 Å². The second-order valence-electron chi connectivity index (χ2n) is 2.48. The van der Waals surface area contributed by atoms with Crippen molar-refractivity contribution in [3.8, 4) is 0 Å². The predicted molar refractivity (Wildman–Crippen MR) is 43.7 cm³/mol. The zero-order valence-corrected chi connectivity index (χ0v) is 6.78. The van der Waals surface area contributed by atoms with Crippen molar-refractivity contribution in [1.29, 1.82) is 0 Å². The molecule has 0 aliphatic rings. The lowest BCUT2D eigenvalue weighted by molar-refractivity contribution is 0.709. The van der Waals surface area contributed by atoms with Crippen molar-refractivity contribution in [3.63, 3.8) is 0 Å². The fourth-order valence-corrected chi connectivity index (χ4v) is 0.740. The lowest BCUT2D eigenvalue weighted by Crippen LogP contribution is -2.00. The van der Waals surface area contributed by atoms with Crippen LogP contribution in [0.4, 0.5) is 0 Å². The monoisotopic (exact) mass is 152 g/mol. The number of nitrogens with two attached hydrogens (primary N) is 1. The molecular formula is C7H12N4. The Hall–Kier alpha value is -1.16. The number of hydrogen-bond donors (Lipinski definition) is 1. The molecule has 0 unspecified atom stereocenters. The fourth-order valence-electron chi connectivity index (χ4n) is 0.740. The second-order valence-corrected chi connectivity index (χ2v) is 2.48. The van der Waals surface area contributed by atoms with Gasteiger partial charge in [0, 0.05) is 13.6 Å². The van der Waals surface area contributed by atoms with Crippen LogP contribution in [0.15, 0.2) is 11.8 Å². The minimum Gasteiger partial charge on any atom is -0.327 e. The quantitative estimate of drug-likeness (QED) is 0.657. The molecule has 0 bridgehead atoms.